The SMILES string of the molecule is CC(=O)O.CC(=O)O.Oc1c[nH]c2ccc(Br)c(Cl)c12. The van der Waals surface area contributed by atoms with Crippen molar-refractivity contribution in [1.82, 2.24) is 4.98 Å². The van der Waals surface area contributed by atoms with E-state index in [-0.39, 0.29) is 5.75 Å². The number of benzene rings is 1. The lowest BCUT2D eigenvalue weighted by Crippen LogP contribution is -1.78. The van der Waals surface area contributed by atoms with Crippen molar-refractivity contribution in [3.8, 4) is 5.75 Å². The first-order valence-corrected chi connectivity index (χ1v) is 6.37. The third-order valence-electron chi connectivity index (χ3n) is 1.72. The zero-order valence-electron chi connectivity index (χ0n) is 10.6. The molecule has 110 valence electrons. The lowest BCUT2D eigenvalue weighted by Gasteiger charge is -1.97. The van der Waals surface area contributed by atoms with Gasteiger partial charge in [-0.05, 0) is 28.1 Å². The van der Waals surface area contributed by atoms with Gasteiger partial charge in [0.1, 0.15) is 5.75 Å². The molecule has 6 nitrogen and oxygen atoms in total. The van der Waals surface area contributed by atoms with Crippen molar-refractivity contribution in [2.45, 2.75) is 13.8 Å². The first-order chi connectivity index (χ1) is 9.16. The van der Waals surface area contributed by atoms with Crippen LogP contribution in [-0.4, -0.2) is 32.2 Å². The van der Waals surface area contributed by atoms with Gasteiger partial charge in [0.2, 0.25) is 0 Å². The van der Waals surface area contributed by atoms with Gasteiger partial charge in [-0.3, -0.25) is 9.59 Å². The van der Waals surface area contributed by atoms with E-state index in [9.17, 15) is 5.11 Å². The van der Waals surface area contributed by atoms with Crippen LogP contribution in [0.25, 0.3) is 10.9 Å². The van der Waals surface area contributed by atoms with Crippen molar-refractivity contribution in [3.63, 3.8) is 0 Å². The quantitative estimate of drug-likeness (QED) is 0.570. The fourth-order valence-corrected chi connectivity index (χ4v) is 1.73. The van der Waals surface area contributed by atoms with Crippen molar-refractivity contribution < 1.29 is 24.9 Å². The van der Waals surface area contributed by atoms with Crippen LogP contribution in [0.15, 0.2) is 22.8 Å². The smallest absolute Gasteiger partial charge is 0.300 e. The molecule has 0 saturated carbocycles. The molecule has 2 aromatic rings. The maximum atomic E-state index is 9.38. The second kappa shape index (κ2) is 8.44. The highest BCUT2D eigenvalue weighted by molar-refractivity contribution is 9.10. The number of aliphatic carboxylic acids is 2. The number of carboxylic acids is 2. The lowest BCUT2D eigenvalue weighted by molar-refractivity contribution is -0.135. The molecule has 0 bridgehead atoms. The highest BCUT2D eigenvalue weighted by atomic mass is 79.9. The molecule has 4 N–H and O–H groups in total. The van der Waals surface area contributed by atoms with Crippen molar-refractivity contribution >= 4 is 50.4 Å². The van der Waals surface area contributed by atoms with Crippen molar-refractivity contribution in [2.75, 3.05) is 0 Å². The van der Waals surface area contributed by atoms with Crippen LogP contribution < -0.4 is 0 Å². The molecule has 0 unspecified atom stereocenters. The largest absolute Gasteiger partial charge is 0.506 e. The van der Waals surface area contributed by atoms with Gasteiger partial charge in [-0.15, -0.1) is 0 Å². The third-order valence-corrected chi connectivity index (χ3v) is 3.00. The van der Waals surface area contributed by atoms with Gasteiger partial charge < -0.3 is 20.3 Å². The van der Waals surface area contributed by atoms with Crippen molar-refractivity contribution in [1.29, 1.82) is 0 Å². The minimum atomic E-state index is -0.833. The van der Waals surface area contributed by atoms with E-state index >= 15 is 0 Å². The Bertz CT molecular complexity index is 591. The molecule has 0 spiro atoms. The topological polar surface area (TPSA) is 111 Å². The minimum Gasteiger partial charge on any atom is -0.506 e. The third kappa shape index (κ3) is 6.44. The summed E-state index contributed by atoms with van der Waals surface area (Å²) in [7, 11) is 0. The standard InChI is InChI=1S/C8H5BrClNO.2C2H4O2/c9-4-1-2-5-7(8(4)10)6(12)3-11-5;2*1-2(3)4/h1-3,11-12H;2*1H3,(H,3,4). The van der Waals surface area contributed by atoms with E-state index in [1.54, 1.807) is 0 Å². The van der Waals surface area contributed by atoms with Crippen LogP contribution in [-0.2, 0) is 9.59 Å². The minimum absolute atomic E-state index is 0.177. The molecule has 0 saturated heterocycles. The number of nitrogens with one attached hydrogen (secondary N) is 1. The number of aromatic hydroxyl groups is 1. The average Bonchev–Trinajstić information content (AvgIpc) is 2.65. The monoisotopic (exact) mass is 365 g/mol. The summed E-state index contributed by atoms with van der Waals surface area (Å²) in [4.78, 5) is 20.9. The summed E-state index contributed by atoms with van der Waals surface area (Å²) in [5, 5.41) is 25.4. The zero-order chi connectivity index (χ0) is 15.9. The number of H-pyrrole nitrogens is 1. The summed E-state index contributed by atoms with van der Waals surface area (Å²) >= 11 is 9.22. The van der Waals surface area contributed by atoms with Crippen LogP contribution in [0.1, 0.15) is 13.8 Å². The molecule has 1 aromatic heterocycles. The predicted molar refractivity (Wildman–Crippen MR) is 79.3 cm³/mol. The van der Waals surface area contributed by atoms with E-state index in [0.29, 0.717) is 10.4 Å². The number of halogens is 2. The van der Waals surface area contributed by atoms with Crippen LogP contribution in [0.5, 0.6) is 5.75 Å². The van der Waals surface area contributed by atoms with Gasteiger partial charge >= 0.3 is 0 Å². The Kier molecular flexibility index (Phi) is 7.71. The van der Waals surface area contributed by atoms with Crippen molar-refractivity contribution in [2.24, 2.45) is 0 Å². The summed E-state index contributed by atoms with van der Waals surface area (Å²) in [6.45, 7) is 2.17. The molecule has 2 rings (SSSR count). The maximum Gasteiger partial charge on any atom is 0.300 e. The molecular formula is C12H13BrClNO5. The Labute approximate surface area is 128 Å². The van der Waals surface area contributed by atoms with Gasteiger partial charge in [0.05, 0.1) is 15.9 Å². The second-order valence-corrected chi connectivity index (χ2v) is 4.73. The summed E-state index contributed by atoms with van der Waals surface area (Å²) in [6.07, 6.45) is 1.52. The summed E-state index contributed by atoms with van der Waals surface area (Å²) in [5.41, 5.74) is 0.834. The normalized spacial score (nSPS) is 9.00. The molecule has 0 aliphatic rings. The summed E-state index contributed by atoms with van der Waals surface area (Å²) in [5.74, 6) is -1.49. The van der Waals surface area contributed by atoms with Crippen molar-refractivity contribution in [3.05, 3.63) is 27.8 Å². The Balaban J connectivity index is 0.000000380. The maximum absolute atomic E-state index is 9.38. The first kappa shape index (κ1) is 18.3. The Morgan fingerprint density at radius 2 is 1.65 bits per heavy atom. The predicted octanol–water partition coefficient (Wildman–Crippen LogP) is 3.47. The number of carboxylic acid groups (broad SMARTS) is 2. The number of aromatic amines is 1. The fourth-order valence-electron chi connectivity index (χ4n) is 1.14. The molecule has 0 atom stereocenters. The van der Waals surface area contributed by atoms with Gasteiger partial charge in [0.15, 0.2) is 0 Å². The number of fused-ring (bicyclic) bond motifs is 1. The van der Waals surface area contributed by atoms with Gasteiger partial charge in [-0.1, -0.05) is 11.6 Å². The number of rotatable bonds is 0. The Morgan fingerprint density at radius 3 is 2.10 bits per heavy atom. The fraction of sp³-hybridized carbons (Fsp3) is 0.167. The molecule has 1 aromatic carbocycles. The van der Waals surface area contributed by atoms with Gasteiger partial charge in [-0.25, -0.2) is 0 Å². The van der Waals surface area contributed by atoms with E-state index in [2.05, 4.69) is 20.9 Å². The second-order valence-electron chi connectivity index (χ2n) is 3.50. The van der Waals surface area contributed by atoms with E-state index in [1.807, 2.05) is 12.1 Å². The molecule has 0 amide bonds. The Morgan fingerprint density at radius 1 is 1.20 bits per heavy atom. The summed E-state index contributed by atoms with van der Waals surface area (Å²) < 4.78 is 0.784. The molecular weight excluding hydrogens is 353 g/mol. The molecule has 0 aliphatic carbocycles. The average molecular weight is 367 g/mol. The summed E-state index contributed by atoms with van der Waals surface area (Å²) in [6, 6.07) is 3.69. The zero-order valence-corrected chi connectivity index (χ0v) is 13.0. The van der Waals surface area contributed by atoms with Gasteiger partial charge in [-0.2, -0.15) is 0 Å². The van der Waals surface area contributed by atoms with Crippen LogP contribution in [0.2, 0.25) is 5.02 Å². The molecule has 20 heavy (non-hydrogen) atoms. The van der Waals surface area contributed by atoms with E-state index in [4.69, 9.17) is 31.4 Å². The molecule has 0 fully saturated rings. The van der Waals surface area contributed by atoms with Crippen LogP contribution >= 0.6 is 27.5 Å². The Hall–Kier alpha value is -1.73. The molecule has 1 heterocycles. The van der Waals surface area contributed by atoms with Crippen LogP contribution in [0.3, 0.4) is 0 Å². The van der Waals surface area contributed by atoms with E-state index in [1.165, 1.54) is 6.20 Å². The number of hydrogen-bond acceptors (Lipinski definition) is 3. The van der Waals surface area contributed by atoms with Crippen LogP contribution in [0, 0.1) is 0 Å². The van der Waals surface area contributed by atoms with Gasteiger partial charge in [0.25, 0.3) is 11.9 Å². The van der Waals surface area contributed by atoms with E-state index < -0.39 is 11.9 Å². The van der Waals surface area contributed by atoms with Gasteiger partial charge in [0, 0.05) is 24.5 Å². The highest BCUT2D eigenvalue weighted by Gasteiger charge is 2.08. The molecule has 8 heteroatoms. The molecule has 0 aliphatic heterocycles. The highest BCUT2D eigenvalue weighted by Crippen LogP contribution is 2.35. The first-order valence-electron chi connectivity index (χ1n) is 5.20. The number of carbonyl (C=O) groups is 2. The lowest BCUT2D eigenvalue weighted by atomic mass is 10.2. The van der Waals surface area contributed by atoms with E-state index in [0.717, 1.165) is 23.8 Å². The number of aromatic nitrogens is 1. The number of hydrogen-bond donors (Lipinski definition) is 4. The molecule has 0 radical (unpaired) electrons. The van der Waals surface area contributed by atoms with Crippen LogP contribution in [0.4, 0.5) is 0 Å².